The van der Waals surface area contributed by atoms with E-state index in [1.807, 2.05) is 24.2 Å². The molecule has 18 heavy (non-hydrogen) atoms. The smallest absolute Gasteiger partial charge is 0.219 e. The van der Waals surface area contributed by atoms with Crippen molar-refractivity contribution in [2.45, 2.75) is 32.7 Å². The number of aromatic nitrogens is 1. The van der Waals surface area contributed by atoms with E-state index in [9.17, 15) is 4.79 Å². The Labute approximate surface area is 109 Å². The molecule has 2 heterocycles. The molecule has 1 amide bonds. The number of amides is 1. The summed E-state index contributed by atoms with van der Waals surface area (Å²) in [5.41, 5.74) is 1.15. The Morgan fingerprint density at radius 3 is 2.89 bits per heavy atom. The third kappa shape index (κ3) is 2.47. The first-order valence-electron chi connectivity index (χ1n) is 6.57. The Kier molecular flexibility index (Phi) is 3.84. The number of hydrogen-bond acceptors (Lipinski definition) is 3. The van der Waals surface area contributed by atoms with Crippen LogP contribution in [0.4, 0.5) is 5.82 Å². The van der Waals surface area contributed by atoms with Crippen LogP contribution in [0.1, 0.15) is 38.3 Å². The number of rotatable bonds is 3. The molecule has 1 unspecified atom stereocenters. The maximum atomic E-state index is 11.5. The van der Waals surface area contributed by atoms with Crippen molar-refractivity contribution in [2.24, 2.45) is 0 Å². The standard InChI is InChI=1S/C14H21N3O/c1-4-16(3)14-8-7-12(10-15-14)13-6-5-9-17(13)11(2)18/h7-8,10,13H,4-6,9H2,1-3H3. The van der Waals surface area contributed by atoms with E-state index in [0.29, 0.717) is 0 Å². The van der Waals surface area contributed by atoms with Gasteiger partial charge in [-0.25, -0.2) is 4.98 Å². The fourth-order valence-electron chi connectivity index (χ4n) is 2.47. The van der Waals surface area contributed by atoms with Crippen LogP contribution >= 0.6 is 0 Å². The van der Waals surface area contributed by atoms with Crippen LogP contribution in [0, 0.1) is 0 Å². The van der Waals surface area contributed by atoms with Crippen LogP contribution in [-0.4, -0.2) is 35.9 Å². The topological polar surface area (TPSA) is 36.4 Å². The summed E-state index contributed by atoms with van der Waals surface area (Å²) in [5, 5.41) is 0. The zero-order valence-electron chi connectivity index (χ0n) is 11.4. The molecular formula is C14H21N3O. The molecule has 1 aliphatic rings. The van der Waals surface area contributed by atoms with E-state index < -0.39 is 0 Å². The molecule has 1 fully saturated rings. The molecule has 1 aromatic heterocycles. The van der Waals surface area contributed by atoms with Crippen molar-refractivity contribution in [2.75, 3.05) is 25.0 Å². The zero-order chi connectivity index (χ0) is 13.1. The summed E-state index contributed by atoms with van der Waals surface area (Å²) >= 11 is 0. The SMILES string of the molecule is CCN(C)c1ccc(C2CCCN2C(C)=O)cn1. The third-order valence-corrected chi connectivity index (χ3v) is 3.68. The second kappa shape index (κ2) is 5.38. The molecule has 0 aromatic carbocycles. The Balaban J connectivity index is 2.16. The van der Waals surface area contributed by atoms with Gasteiger partial charge < -0.3 is 9.80 Å². The minimum absolute atomic E-state index is 0.159. The molecular weight excluding hydrogens is 226 g/mol. The molecule has 4 nitrogen and oxygen atoms in total. The van der Waals surface area contributed by atoms with Crippen LogP contribution < -0.4 is 4.90 Å². The van der Waals surface area contributed by atoms with Crippen molar-refractivity contribution >= 4 is 11.7 Å². The van der Waals surface area contributed by atoms with Crippen molar-refractivity contribution in [1.29, 1.82) is 0 Å². The quantitative estimate of drug-likeness (QED) is 0.821. The van der Waals surface area contributed by atoms with Crippen LogP contribution in [0.15, 0.2) is 18.3 Å². The van der Waals surface area contributed by atoms with E-state index in [0.717, 1.165) is 37.3 Å². The molecule has 0 radical (unpaired) electrons. The van der Waals surface area contributed by atoms with Gasteiger partial charge in [-0.2, -0.15) is 0 Å². The second-order valence-electron chi connectivity index (χ2n) is 4.83. The first-order valence-corrected chi connectivity index (χ1v) is 6.57. The number of nitrogens with zero attached hydrogens (tertiary/aromatic N) is 3. The molecule has 1 saturated heterocycles. The summed E-state index contributed by atoms with van der Waals surface area (Å²) in [6.07, 6.45) is 4.04. The van der Waals surface area contributed by atoms with E-state index in [2.05, 4.69) is 22.9 Å². The monoisotopic (exact) mass is 247 g/mol. The van der Waals surface area contributed by atoms with Crippen molar-refractivity contribution in [3.05, 3.63) is 23.9 Å². The predicted octanol–water partition coefficient (Wildman–Crippen LogP) is 2.22. The highest BCUT2D eigenvalue weighted by atomic mass is 16.2. The lowest BCUT2D eigenvalue weighted by Crippen LogP contribution is -2.28. The van der Waals surface area contributed by atoms with Crippen molar-refractivity contribution in [1.82, 2.24) is 9.88 Å². The lowest BCUT2D eigenvalue weighted by Gasteiger charge is -2.24. The van der Waals surface area contributed by atoms with Crippen LogP contribution in [-0.2, 0) is 4.79 Å². The molecule has 98 valence electrons. The number of pyridine rings is 1. The van der Waals surface area contributed by atoms with E-state index in [-0.39, 0.29) is 11.9 Å². The Hall–Kier alpha value is -1.58. The van der Waals surface area contributed by atoms with Crippen LogP contribution in [0.2, 0.25) is 0 Å². The molecule has 4 heteroatoms. The molecule has 1 aliphatic heterocycles. The van der Waals surface area contributed by atoms with E-state index in [4.69, 9.17) is 0 Å². The summed E-state index contributed by atoms with van der Waals surface area (Å²) in [7, 11) is 2.03. The van der Waals surface area contributed by atoms with Gasteiger partial charge in [-0.05, 0) is 31.4 Å². The summed E-state index contributed by atoms with van der Waals surface area (Å²) in [6.45, 7) is 5.56. The van der Waals surface area contributed by atoms with Gasteiger partial charge in [0.2, 0.25) is 5.91 Å². The minimum atomic E-state index is 0.159. The summed E-state index contributed by atoms with van der Waals surface area (Å²) < 4.78 is 0. The Bertz CT molecular complexity index is 416. The molecule has 1 atom stereocenters. The lowest BCUT2D eigenvalue weighted by molar-refractivity contribution is -0.129. The minimum Gasteiger partial charge on any atom is -0.360 e. The fourth-order valence-corrected chi connectivity index (χ4v) is 2.47. The van der Waals surface area contributed by atoms with Gasteiger partial charge >= 0.3 is 0 Å². The van der Waals surface area contributed by atoms with Gasteiger partial charge in [-0.1, -0.05) is 6.07 Å². The molecule has 0 aliphatic carbocycles. The van der Waals surface area contributed by atoms with Gasteiger partial charge in [0, 0.05) is 33.3 Å². The number of carbonyl (C=O) groups excluding carboxylic acids is 1. The van der Waals surface area contributed by atoms with Gasteiger partial charge in [0.25, 0.3) is 0 Å². The van der Waals surface area contributed by atoms with Gasteiger partial charge in [0.15, 0.2) is 0 Å². The van der Waals surface area contributed by atoms with E-state index >= 15 is 0 Å². The van der Waals surface area contributed by atoms with Crippen molar-refractivity contribution < 1.29 is 4.79 Å². The normalized spacial score (nSPS) is 19.1. The third-order valence-electron chi connectivity index (χ3n) is 3.68. The molecule has 0 N–H and O–H groups in total. The number of hydrogen-bond donors (Lipinski definition) is 0. The molecule has 0 bridgehead atoms. The predicted molar refractivity (Wildman–Crippen MR) is 72.5 cm³/mol. The van der Waals surface area contributed by atoms with E-state index in [1.54, 1.807) is 6.92 Å². The molecule has 0 saturated carbocycles. The van der Waals surface area contributed by atoms with Crippen molar-refractivity contribution in [3.8, 4) is 0 Å². The number of likely N-dealkylation sites (tertiary alicyclic amines) is 1. The highest BCUT2D eigenvalue weighted by Gasteiger charge is 2.27. The Morgan fingerprint density at radius 2 is 2.33 bits per heavy atom. The second-order valence-corrected chi connectivity index (χ2v) is 4.83. The number of anilines is 1. The average Bonchev–Trinajstić information content (AvgIpc) is 2.87. The van der Waals surface area contributed by atoms with Gasteiger partial charge in [0.05, 0.1) is 6.04 Å². The molecule has 2 rings (SSSR count). The van der Waals surface area contributed by atoms with Gasteiger partial charge in [0.1, 0.15) is 5.82 Å². The van der Waals surface area contributed by atoms with Crippen LogP contribution in [0.5, 0.6) is 0 Å². The maximum absolute atomic E-state index is 11.5. The summed E-state index contributed by atoms with van der Waals surface area (Å²) in [4.78, 5) is 20.1. The highest BCUT2D eigenvalue weighted by molar-refractivity contribution is 5.74. The summed E-state index contributed by atoms with van der Waals surface area (Å²) in [6, 6.07) is 4.35. The maximum Gasteiger partial charge on any atom is 0.219 e. The zero-order valence-corrected chi connectivity index (χ0v) is 11.4. The van der Waals surface area contributed by atoms with Crippen molar-refractivity contribution in [3.63, 3.8) is 0 Å². The van der Waals surface area contributed by atoms with Gasteiger partial charge in [-0.15, -0.1) is 0 Å². The largest absolute Gasteiger partial charge is 0.360 e. The first kappa shape index (κ1) is 12.9. The molecule has 0 spiro atoms. The fraction of sp³-hybridized carbons (Fsp3) is 0.571. The van der Waals surface area contributed by atoms with Crippen LogP contribution in [0.3, 0.4) is 0 Å². The lowest BCUT2D eigenvalue weighted by atomic mass is 10.1. The average molecular weight is 247 g/mol. The highest BCUT2D eigenvalue weighted by Crippen LogP contribution is 2.31. The van der Waals surface area contributed by atoms with Crippen LogP contribution in [0.25, 0.3) is 0 Å². The van der Waals surface area contributed by atoms with E-state index in [1.165, 1.54) is 0 Å². The number of carbonyl (C=O) groups is 1. The Morgan fingerprint density at radius 1 is 1.56 bits per heavy atom. The first-order chi connectivity index (χ1) is 8.63. The summed E-state index contributed by atoms with van der Waals surface area (Å²) in [5.74, 6) is 1.14. The molecule has 1 aromatic rings. The van der Waals surface area contributed by atoms with Gasteiger partial charge in [-0.3, -0.25) is 4.79 Å².